The van der Waals surface area contributed by atoms with Gasteiger partial charge in [0.2, 0.25) is 0 Å². The van der Waals surface area contributed by atoms with Crippen molar-refractivity contribution in [1.82, 2.24) is 9.55 Å². The van der Waals surface area contributed by atoms with Gasteiger partial charge in [0, 0.05) is 12.1 Å². The Balaban J connectivity index is 2.48. The first-order chi connectivity index (χ1) is 9.13. The number of para-hydroxylation sites is 2. The van der Waals surface area contributed by atoms with Gasteiger partial charge in [0.1, 0.15) is 0 Å². The standard InChI is InChI=1S/C14H14N2O3/c1-2-10(14(18)19)7-8-16-12-6-4-3-5-11(12)15-9-13(16)17/h3-7,9H,2,8H2,1H3,(H,18,19). The molecule has 5 heteroatoms. The minimum Gasteiger partial charge on any atom is -0.478 e. The van der Waals surface area contributed by atoms with Crippen LogP contribution in [0.25, 0.3) is 11.0 Å². The van der Waals surface area contributed by atoms with Crippen molar-refractivity contribution in [3.05, 3.63) is 52.5 Å². The highest BCUT2D eigenvalue weighted by Crippen LogP contribution is 2.09. The van der Waals surface area contributed by atoms with Crippen LogP contribution in [0.4, 0.5) is 0 Å². The van der Waals surface area contributed by atoms with E-state index in [1.54, 1.807) is 19.1 Å². The smallest absolute Gasteiger partial charge is 0.331 e. The number of fused-ring (bicyclic) bond motifs is 1. The molecular weight excluding hydrogens is 244 g/mol. The van der Waals surface area contributed by atoms with Crippen molar-refractivity contribution in [3.63, 3.8) is 0 Å². The second-order valence-corrected chi connectivity index (χ2v) is 4.08. The lowest BCUT2D eigenvalue weighted by molar-refractivity contribution is -0.132. The van der Waals surface area contributed by atoms with Crippen molar-refractivity contribution in [3.8, 4) is 0 Å². The Morgan fingerprint density at radius 1 is 1.42 bits per heavy atom. The average molecular weight is 258 g/mol. The Labute approximate surface area is 109 Å². The molecule has 0 saturated heterocycles. The van der Waals surface area contributed by atoms with E-state index < -0.39 is 5.97 Å². The van der Waals surface area contributed by atoms with Crippen molar-refractivity contribution in [1.29, 1.82) is 0 Å². The van der Waals surface area contributed by atoms with Crippen LogP contribution < -0.4 is 5.56 Å². The fourth-order valence-corrected chi connectivity index (χ4v) is 1.89. The monoisotopic (exact) mass is 258 g/mol. The van der Waals surface area contributed by atoms with E-state index >= 15 is 0 Å². The normalized spacial score (nSPS) is 11.7. The molecule has 0 saturated carbocycles. The van der Waals surface area contributed by atoms with Gasteiger partial charge in [-0.25, -0.2) is 9.78 Å². The highest BCUT2D eigenvalue weighted by atomic mass is 16.4. The van der Waals surface area contributed by atoms with Gasteiger partial charge >= 0.3 is 5.97 Å². The maximum Gasteiger partial charge on any atom is 0.331 e. The molecule has 0 radical (unpaired) electrons. The third-order valence-corrected chi connectivity index (χ3v) is 2.93. The molecule has 0 aliphatic rings. The van der Waals surface area contributed by atoms with E-state index in [9.17, 15) is 9.59 Å². The summed E-state index contributed by atoms with van der Waals surface area (Å²) >= 11 is 0. The Hall–Kier alpha value is -2.43. The van der Waals surface area contributed by atoms with Gasteiger partial charge in [-0.1, -0.05) is 25.1 Å². The molecule has 1 heterocycles. The topological polar surface area (TPSA) is 72.2 Å². The molecule has 98 valence electrons. The molecule has 0 spiro atoms. The lowest BCUT2D eigenvalue weighted by atomic mass is 10.2. The van der Waals surface area contributed by atoms with Crippen molar-refractivity contribution in [2.24, 2.45) is 0 Å². The first kappa shape index (κ1) is 13.0. The highest BCUT2D eigenvalue weighted by Gasteiger charge is 2.06. The maximum atomic E-state index is 11.8. The summed E-state index contributed by atoms with van der Waals surface area (Å²) in [6.45, 7) is 2.00. The minimum absolute atomic E-state index is 0.233. The van der Waals surface area contributed by atoms with E-state index in [1.807, 2.05) is 18.2 Å². The van der Waals surface area contributed by atoms with Crippen LogP contribution >= 0.6 is 0 Å². The number of carboxylic acids is 1. The number of nitrogens with zero attached hydrogens (tertiary/aromatic N) is 2. The number of hydrogen-bond acceptors (Lipinski definition) is 3. The largest absolute Gasteiger partial charge is 0.478 e. The molecular formula is C14H14N2O3. The summed E-state index contributed by atoms with van der Waals surface area (Å²) in [5.41, 5.74) is 1.47. The van der Waals surface area contributed by atoms with Gasteiger partial charge in [-0.3, -0.25) is 4.79 Å². The molecule has 0 aliphatic carbocycles. The highest BCUT2D eigenvalue weighted by molar-refractivity contribution is 5.86. The number of aromatic nitrogens is 2. The van der Waals surface area contributed by atoms with E-state index in [-0.39, 0.29) is 12.1 Å². The fraction of sp³-hybridized carbons (Fsp3) is 0.214. The van der Waals surface area contributed by atoms with Gasteiger partial charge in [0.15, 0.2) is 0 Å². The quantitative estimate of drug-likeness (QED) is 0.849. The van der Waals surface area contributed by atoms with Gasteiger partial charge in [0.05, 0.1) is 17.2 Å². The van der Waals surface area contributed by atoms with Crippen molar-refractivity contribution >= 4 is 17.0 Å². The molecule has 19 heavy (non-hydrogen) atoms. The molecule has 0 unspecified atom stereocenters. The molecule has 0 fully saturated rings. The summed E-state index contributed by atoms with van der Waals surface area (Å²) in [7, 11) is 0. The van der Waals surface area contributed by atoms with Crippen molar-refractivity contribution in [2.75, 3.05) is 0 Å². The number of hydrogen-bond donors (Lipinski definition) is 1. The van der Waals surface area contributed by atoms with Crippen LogP contribution in [0.1, 0.15) is 13.3 Å². The molecule has 1 N–H and O–H groups in total. The predicted molar refractivity (Wildman–Crippen MR) is 72.0 cm³/mol. The SMILES string of the molecule is CCC(=CCn1c(=O)cnc2ccccc21)C(=O)O. The van der Waals surface area contributed by atoms with Gasteiger partial charge in [-0.2, -0.15) is 0 Å². The average Bonchev–Trinajstić information content (AvgIpc) is 2.41. The summed E-state index contributed by atoms with van der Waals surface area (Å²) in [5.74, 6) is -0.950. The maximum absolute atomic E-state index is 11.8. The number of aliphatic carboxylic acids is 1. The molecule has 0 bridgehead atoms. The summed E-state index contributed by atoms with van der Waals surface area (Å²) in [5, 5.41) is 8.97. The second-order valence-electron chi connectivity index (χ2n) is 4.08. The fourth-order valence-electron chi connectivity index (χ4n) is 1.89. The van der Waals surface area contributed by atoms with Crippen LogP contribution in [0.3, 0.4) is 0 Å². The molecule has 2 rings (SSSR count). The van der Waals surface area contributed by atoms with E-state index in [0.29, 0.717) is 23.0 Å². The summed E-state index contributed by atoms with van der Waals surface area (Å²) in [6.07, 6.45) is 3.24. The molecule has 0 amide bonds. The molecule has 5 nitrogen and oxygen atoms in total. The zero-order valence-corrected chi connectivity index (χ0v) is 10.5. The Kier molecular flexibility index (Phi) is 3.75. The Morgan fingerprint density at radius 3 is 2.84 bits per heavy atom. The number of benzene rings is 1. The predicted octanol–water partition coefficient (Wildman–Crippen LogP) is 1.82. The minimum atomic E-state index is -0.950. The number of carboxylic acid groups (broad SMARTS) is 1. The molecule has 1 aromatic carbocycles. The lowest BCUT2D eigenvalue weighted by Gasteiger charge is -2.07. The van der Waals surface area contributed by atoms with Crippen LogP contribution in [0.15, 0.2) is 46.9 Å². The summed E-state index contributed by atoms with van der Waals surface area (Å²) in [4.78, 5) is 26.8. The zero-order chi connectivity index (χ0) is 13.8. The Bertz CT molecular complexity index is 701. The Morgan fingerprint density at radius 2 is 2.16 bits per heavy atom. The van der Waals surface area contributed by atoms with E-state index in [1.165, 1.54) is 10.8 Å². The van der Waals surface area contributed by atoms with Crippen LogP contribution in [0.2, 0.25) is 0 Å². The van der Waals surface area contributed by atoms with Crippen LogP contribution in [-0.2, 0) is 11.3 Å². The molecule has 0 atom stereocenters. The van der Waals surface area contributed by atoms with Gasteiger partial charge in [-0.15, -0.1) is 0 Å². The van der Waals surface area contributed by atoms with Crippen molar-refractivity contribution < 1.29 is 9.90 Å². The first-order valence-electron chi connectivity index (χ1n) is 6.00. The number of allylic oxidation sites excluding steroid dienone is 1. The van der Waals surface area contributed by atoms with Crippen LogP contribution in [0.5, 0.6) is 0 Å². The molecule has 1 aromatic heterocycles. The molecule has 2 aromatic rings. The van der Waals surface area contributed by atoms with Crippen molar-refractivity contribution in [2.45, 2.75) is 19.9 Å². The summed E-state index contributed by atoms with van der Waals surface area (Å²) < 4.78 is 1.51. The van der Waals surface area contributed by atoms with E-state index in [2.05, 4.69) is 4.98 Å². The van der Waals surface area contributed by atoms with Gasteiger partial charge < -0.3 is 9.67 Å². The second kappa shape index (κ2) is 5.48. The third kappa shape index (κ3) is 2.70. The molecule has 0 aliphatic heterocycles. The summed E-state index contributed by atoms with van der Waals surface area (Å²) in [6, 6.07) is 7.27. The van der Waals surface area contributed by atoms with Crippen LogP contribution in [0, 0.1) is 0 Å². The zero-order valence-electron chi connectivity index (χ0n) is 10.5. The van der Waals surface area contributed by atoms with Gasteiger partial charge in [0.25, 0.3) is 5.56 Å². The number of carbonyl (C=O) groups is 1. The number of rotatable bonds is 4. The van der Waals surface area contributed by atoms with Crippen LogP contribution in [-0.4, -0.2) is 20.6 Å². The van der Waals surface area contributed by atoms with E-state index in [0.717, 1.165) is 0 Å². The third-order valence-electron chi connectivity index (χ3n) is 2.93. The first-order valence-corrected chi connectivity index (χ1v) is 6.00. The van der Waals surface area contributed by atoms with Gasteiger partial charge in [-0.05, 0) is 18.6 Å². The van der Waals surface area contributed by atoms with E-state index in [4.69, 9.17) is 5.11 Å². The lowest BCUT2D eigenvalue weighted by Crippen LogP contribution is -2.20.